The number of hydrogen-bond acceptors (Lipinski definition) is 3. The summed E-state index contributed by atoms with van der Waals surface area (Å²) in [5.41, 5.74) is 0.551. The fourth-order valence-electron chi connectivity index (χ4n) is 0.774. The molecule has 6 heteroatoms. The SMILES string of the molecule is CC.Clc1nc(Cl)c2cn[nH]c2n1. The Morgan fingerprint density at radius 2 is 1.92 bits per heavy atom. The van der Waals surface area contributed by atoms with E-state index in [0.29, 0.717) is 16.2 Å². The highest BCUT2D eigenvalue weighted by atomic mass is 35.5. The first-order valence-electron chi connectivity index (χ1n) is 3.79. The standard InChI is InChI=1S/C5H2Cl2N4.C2H6/c6-3-2-1-8-11-4(2)10-5(7)9-3;1-2/h1H,(H,8,9,10,11);1-2H3. The molecule has 0 aliphatic carbocycles. The van der Waals surface area contributed by atoms with Crippen molar-refractivity contribution in [2.24, 2.45) is 0 Å². The van der Waals surface area contributed by atoms with Crippen LogP contribution in [-0.2, 0) is 0 Å². The van der Waals surface area contributed by atoms with Gasteiger partial charge in [0.25, 0.3) is 0 Å². The molecule has 13 heavy (non-hydrogen) atoms. The fraction of sp³-hybridized carbons (Fsp3) is 0.286. The lowest BCUT2D eigenvalue weighted by atomic mass is 10.4. The lowest BCUT2D eigenvalue weighted by molar-refractivity contribution is 1.09. The third-order valence-corrected chi connectivity index (χ3v) is 1.69. The third-order valence-electron chi connectivity index (χ3n) is 1.24. The molecule has 0 radical (unpaired) electrons. The van der Waals surface area contributed by atoms with Gasteiger partial charge in [0.1, 0.15) is 5.15 Å². The molecule has 2 rings (SSSR count). The molecule has 0 saturated carbocycles. The second-order valence-corrected chi connectivity index (χ2v) is 2.61. The van der Waals surface area contributed by atoms with Crippen molar-refractivity contribution in [3.05, 3.63) is 16.6 Å². The Labute approximate surface area is 85.3 Å². The Balaban J connectivity index is 0.000000396. The van der Waals surface area contributed by atoms with Gasteiger partial charge in [-0.15, -0.1) is 0 Å². The molecule has 0 aliphatic rings. The number of aromatic nitrogens is 4. The van der Waals surface area contributed by atoms with Crippen LogP contribution in [0.1, 0.15) is 13.8 Å². The third kappa shape index (κ3) is 2.08. The van der Waals surface area contributed by atoms with E-state index in [1.807, 2.05) is 13.8 Å². The first-order valence-corrected chi connectivity index (χ1v) is 4.55. The lowest BCUT2D eigenvalue weighted by Crippen LogP contribution is -1.83. The summed E-state index contributed by atoms with van der Waals surface area (Å²) < 4.78 is 0. The largest absolute Gasteiger partial charge is 0.261 e. The van der Waals surface area contributed by atoms with Gasteiger partial charge in [-0.3, -0.25) is 5.10 Å². The molecular weight excluding hydrogens is 211 g/mol. The van der Waals surface area contributed by atoms with Crippen LogP contribution in [0.4, 0.5) is 0 Å². The van der Waals surface area contributed by atoms with Gasteiger partial charge in [0, 0.05) is 0 Å². The van der Waals surface area contributed by atoms with Gasteiger partial charge in [0.2, 0.25) is 5.28 Å². The highest BCUT2D eigenvalue weighted by Crippen LogP contribution is 2.18. The van der Waals surface area contributed by atoms with Crippen LogP contribution in [0.2, 0.25) is 10.4 Å². The molecule has 0 aliphatic heterocycles. The number of nitrogens with zero attached hydrogens (tertiary/aromatic N) is 3. The molecular formula is C7H8Cl2N4. The molecule has 0 amide bonds. The normalized spacial score (nSPS) is 9.54. The van der Waals surface area contributed by atoms with Crippen molar-refractivity contribution in [1.29, 1.82) is 0 Å². The molecule has 2 aromatic rings. The van der Waals surface area contributed by atoms with Crippen LogP contribution in [0.15, 0.2) is 6.20 Å². The molecule has 4 nitrogen and oxygen atoms in total. The predicted molar refractivity (Wildman–Crippen MR) is 53.1 cm³/mol. The minimum Gasteiger partial charge on any atom is -0.261 e. The van der Waals surface area contributed by atoms with E-state index >= 15 is 0 Å². The van der Waals surface area contributed by atoms with Crippen molar-refractivity contribution in [3.63, 3.8) is 0 Å². The molecule has 0 unspecified atom stereocenters. The van der Waals surface area contributed by atoms with Gasteiger partial charge in [0.05, 0.1) is 11.6 Å². The second kappa shape index (κ2) is 4.39. The van der Waals surface area contributed by atoms with E-state index in [4.69, 9.17) is 23.2 Å². The average molecular weight is 219 g/mol. The maximum atomic E-state index is 5.71. The summed E-state index contributed by atoms with van der Waals surface area (Å²) in [6.45, 7) is 4.00. The number of hydrogen-bond donors (Lipinski definition) is 1. The molecule has 0 fully saturated rings. The van der Waals surface area contributed by atoms with Crippen LogP contribution >= 0.6 is 23.2 Å². The topological polar surface area (TPSA) is 54.5 Å². The number of rotatable bonds is 0. The summed E-state index contributed by atoms with van der Waals surface area (Å²) in [4.78, 5) is 7.58. The first kappa shape index (κ1) is 10.2. The van der Waals surface area contributed by atoms with Gasteiger partial charge < -0.3 is 0 Å². The first-order chi connectivity index (χ1) is 6.27. The molecule has 0 bridgehead atoms. The minimum absolute atomic E-state index is 0.117. The summed E-state index contributed by atoms with van der Waals surface area (Å²) in [6, 6.07) is 0. The van der Waals surface area contributed by atoms with Crippen LogP contribution in [0.5, 0.6) is 0 Å². The summed E-state index contributed by atoms with van der Waals surface area (Å²) in [6.07, 6.45) is 1.55. The zero-order valence-corrected chi connectivity index (χ0v) is 8.69. The summed E-state index contributed by atoms with van der Waals surface area (Å²) in [5.74, 6) is 0. The summed E-state index contributed by atoms with van der Waals surface area (Å²) in [7, 11) is 0. The molecule has 2 aromatic heterocycles. The van der Waals surface area contributed by atoms with E-state index < -0.39 is 0 Å². The van der Waals surface area contributed by atoms with E-state index in [1.165, 1.54) is 0 Å². The summed E-state index contributed by atoms with van der Waals surface area (Å²) in [5, 5.41) is 7.47. The second-order valence-electron chi connectivity index (χ2n) is 1.92. The van der Waals surface area contributed by atoms with Gasteiger partial charge in [-0.1, -0.05) is 25.4 Å². The van der Waals surface area contributed by atoms with Crippen molar-refractivity contribution < 1.29 is 0 Å². The van der Waals surface area contributed by atoms with Crippen molar-refractivity contribution in [2.45, 2.75) is 13.8 Å². The fourth-order valence-corrected chi connectivity index (χ4v) is 1.20. The number of halogens is 2. The summed E-state index contributed by atoms with van der Waals surface area (Å²) >= 11 is 11.2. The Hall–Kier alpha value is -0.870. The van der Waals surface area contributed by atoms with E-state index in [0.717, 1.165) is 0 Å². The number of fused-ring (bicyclic) bond motifs is 1. The van der Waals surface area contributed by atoms with Gasteiger partial charge in [-0.2, -0.15) is 10.1 Å². The maximum absolute atomic E-state index is 5.71. The van der Waals surface area contributed by atoms with Crippen molar-refractivity contribution >= 4 is 34.2 Å². The average Bonchev–Trinajstić information content (AvgIpc) is 2.55. The smallest absolute Gasteiger partial charge is 0.225 e. The molecule has 0 atom stereocenters. The van der Waals surface area contributed by atoms with Gasteiger partial charge in [-0.05, 0) is 11.6 Å². The van der Waals surface area contributed by atoms with Gasteiger partial charge in [-0.25, -0.2) is 4.98 Å². The van der Waals surface area contributed by atoms with Crippen LogP contribution in [0.3, 0.4) is 0 Å². The molecule has 70 valence electrons. The van der Waals surface area contributed by atoms with E-state index in [-0.39, 0.29) is 5.28 Å². The minimum atomic E-state index is 0.117. The van der Waals surface area contributed by atoms with Crippen molar-refractivity contribution in [2.75, 3.05) is 0 Å². The molecule has 2 heterocycles. The van der Waals surface area contributed by atoms with Crippen molar-refractivity contribution in [3.8, 4) is 0 Å². The van der Waals surface area contributed by atoms with Gasteiger partial charge >= 0.3 is 0 Å². The van der Waals surface area contributed by atoms with Crippen molar-refractivity contribution in [1.82, 2.24) is 20.2 Å². The Kier molecular flexibility index (Phi) is 3.45. The van der Waals surface area contributed by atoms with Crippen LogP contribution < -0.4 is 0 Å². The van der Waals surface area contributed by atoms with Crippen LogP contribution in [0, 0.1) is 0 Å². The lowest BCUT2D eigenvalue weighted by Gasteiger charge is -1.90. The highest BCUT2D eigenvalue weighted by molar-refractivity contribution is 6.35. The Morgan fingerprint density at radius 1 is 1.23 bits per heavy atom. The molecule has 0 saturated heterocycles. The van der Waals surface area contributed by atoms with Crippen LogP contribution in [0.25, 0.3) is 11.0 Å². The zero-order chi connectivity index (χ0) is 9.84. The number of H-pyrrole nitrogens is 1. The Morgan fingerprint density at radius 3 is 2.62 bits per heavy atom. The molecule has 0 aromatic carbocycles. The van der Waals surface area contributed by atoms with Gasteiger partial charge in [0.15, 0.2) is 5.65 Å². The molecule has 0 spiro atoms. The maximum Gasteiger partial charge on any atom is 0.225 e. The van der Waals surface area contributed by atoms with E-state index in [2.05, 4.69) is 20.2 Å². The highest BCUT2D eigenvalue weighted by Gasteiger charge is 2.04. The molecule has 1 N–H and O–H groups in total. The zero-order valence-electron chi connectivity index (χ0n) is 7.17. The monoisotopic (exact) mass is 218 g/mol. The number of aromatic amines is 1. The number of nitrogens with one attached hydrogen (secondary N) is 1. The van der Waals surface area contributed by atoms with E-state index in [1.54, 1.807) is 6.20 Å². The predicted octanol–water partition coefficient (Wildman–Crippen LogP) is 2.69. The quantitative estimate of drug-likeness (QED) is 0.547. The Bertz CT molecular complexity index is 398. The van der Waals surface area contributed by atoms with E-state index in [9.17, 15) is 0 Å². The van der Waals surface area contributed by atoms with Crippen LogP contribution in [-0.4, -0.2) is 20.2 Å².